The molecule has 2 rings (SSSR count). The maximum absolute atomic E-state index is 12.2. The summed E-state index contributed by atoms with van der Waals surface area (Å²) in [4.78, 5) is 16.4. The van der Waals surface area contributed by atoms with E-state index in [0.717, 1.165) is 17.9 Å². The Morgan fingerprint density at radius 1 is 1.33 bits per heavy atom. The summed E-state index contributed by atoms with van der Waals surface area (Å²) in [6, 6.07) is 9.38. The SMILES string of the molecule is CCn1ncnc1CC(C)C(=O)c1ccccc1. The van der Waals surface area contributed by atoms with Gasteiger partial charge in [-0.15, -0.1) is 0 Å². The number of aromatic nitrogens is 3. The summed E-state index contributed by atoms with van der Waals surface area (Å²) in [7, 11) is 0. The molecule has 4 nitrogen and oxygen atoms in total. The van der Waals surface area contributed by atoms with Crippen molar-refractivity contribution in [1.82, 2.24) is 14.8 Å². The van der Waals surface area contributed by atoms with Crippen LogP contribution in [0.1, 0.15) is 30.0 Å². The van der Waals surface area contributed by atoms with Gasteiger partial charge in [0.15, 0.2) is 5.78 Å². The van der Waals surface area contributed by atoms with E-state index in [1.807, 2.05) is 48.9 Å². The number of hydrogen-bond acceptors (Lipinski definition) is 3. The zero-order chi connectivity index (χ0) is 13.0. The fraction of sp³-hybridized carbons (Fsp3) is 0.357. The summed E-state index contributed by atoms with van der Waals surface area (Å²) in [6.45, 7) is 4.73. The molecule has 1 aromatic heterocycles. The molecule has 94 valence electrons. The molecule has 0 saturated carbocycles. The maximum Gasteiger partial charge on any atom is 0.166 e. The number of carbonyl (C=O) groups excluding carboxylic acids is 1. The van der Waals surface area contributed by atoms with Crippen molar-refractivity contribution in [2.45, 2.75) is 26.8 Å². The Balaban J connectivity index is 2.09. The second-order valence-corrected chi connectivity index (χ2v) is 4.33. The number of ketones is 1. The van der Waals surface area contributed by atoms with Crippen molar-refractivity contribution in [3.63, 3.8) is 0 Å². The largest absolute Gasteiger partial charge is 0.294 e. The highest BCUT2D eigenvalue weighted by Crippen LogP contribution is 2.13. The van der Waals surface area contributed by atoms with Crippen molar-refractivity contribution in [2.24, 2.45) is 5.92 Å². The van der Waals surface area contributed by atoms with Gasteiger partial charge in [0.05, 0.1) is 0 Å². The first-order valence-corrected chi connectivity index (χ1v) is 6.18. The third-order valence-electron chi connectivity index (χ3n) is 2.99. The van der Waals surface area contributed by atoms with E-state index >= 15 is 0 Å². The van der Waals surface area contributed by atoms with E-state index in [2.05, 4.69) is 10.1 Å². The topological polar surface area (TPSA) is 47.8 Å². The highest BCUT2D eigenvalue weighted by atomic mass is 16.1. The van der Waals surface area contributed by atoms with Crippen LogP contribution in [0.3, 0.4) is 0 Å². The number of benzene rings is 1. The first-order valence-electron chi connectivity index (χ1n) is 6.18. The van der Waals surface area contributed by atoms with Crippen LogP contribution < -0.4 is 0 Å². The molecule has 0 aliphatic carbocycles. The van der Waals surface area contributed by atoms with Gasteiger partial charge < -0.3 is 0 Å². The summed E-state index contributed by atoms with van der Waals surface area (Å²) in [5.74, 6) is 0.942. The zero-order valence-electron chi connectivity index (χ0n) is 10.7. The Bertz CT molecular complexity index is 519. The molecule has 0 radical (unpaired) electrons. The van der Waals surface area contributed by atoms with E-state index < -0.39 is 0 Å². The van der Waals surface area contributed by atoms with E-state index in [4.69, 9.17) is 0 Å². The summed E-state index contributed by atoms with van der Waals surface area (Å²) >= 11 is 0. The van der Waals surface area contributed by atoms with Crippen LogP contribution in [0, 0.1) is 5.92 Å². The van der Waals surface area contributed by atoms with Crippen molar-refractivity contribution in [3.05, 3.63) is 48.0 Å². The van der Waals surface area contributed by atoms with E-state index in [-0.39, 0.29) is 11.7 Å². The molecule has 1 unspecified atom stereocenters. The van der Waals surface area contributed by atoms with E-state index in [9.17, 15) is 4.79 Å². The number of carbonyl (C=O) groups is 1. The second kappa shape index (κ2) is 5.58. The fourth-order valence-corrected chi connectivity index (χ4v) is 1.96. The Hall–Kier alpha value is -1.97. The normalized spacial score (nSPS) is 12.3. The lowest BCUT2D eigenvalue weighted by molar-refractivity contribution is 0.0927. The van der Waals surface area contributed by atoms with Gasteiger partial charge in [0.1, 0.15) is 12.2 Å². The van der Waals surface area contributed by atoms with Crippen LogP contribution in [-0.2, 0) is 13.0 Å². The smallest absolute Gasteiger partial charge is 0.166 e. The molecule has 0 aliphatic heterocycles. The number of aryl methyl sites for hydroxylation is 1. The number of rotatable bonds is 5. The van der Waals surface area contributed by atoms with Crippen molar-refractivity contribution >= 4 is 5.78 Å². The minimum Gasteiger partial charge on any atom is -0.294 e. The van der Waals surface area contributed by atoms with Crippen molar-refractivity contribution in [2.75, 3.05) is 0 Å². The lowest BCUT2D eigenvalue weighted by Gasteiger charge is -2.10. The van der Waals surface area contributed by atoms with Gasteiger partial charge in [0.2, 0.25) is 0 Å². The summed E-state index contributed by atoms with van der Waals surface area (Å²) < 4.78 is 1.83. The molecule has 18 heavy (non-hydrogen) atoms. The standard InChI is InChI=1S/C14H17N3O/c1-3-17-13(15-10-16-17)9-11(2)14(18)12-7-5-4-6-8-12/h4-8,10-11H,3,9H2,1-2H3. The first-order chi connectivity index (χ1) is 8.72. The fourth-order valence-electron chi connectivity index (χ4n) is 1.96. The molecule has 1 aromatic carbocycles. The van der Waals surface area contributed by atoms with E-state index in [1.54, 1.807) is 6.33 Å². The minimum absolute atomic E-state index is 0.0816. The molecule has 0 saturated heterocycles. The highest BCUT2D eigenvalue weighted by molar-refractivity contribution is 5.97. The molecule has 2 aromatic rings. The van der Waals surface area contributed by atoms with Crippen LogP contribution in [0.25, 0.3) is 0 Å². The number of nitrogens with zero attached hydrogens (tertiary/aromatic N) is 3. The maximum atomic E-state index is 12.2. The van der Waals surface area contributed by atoms with Crippen molar-refractivity contribution in [3.8, 4) is 0 Å². The summed E-state index contributed by atoms with van der Waals surface area (Å²) in [5, 5.41) is 4.11. The molecular formula is C14H17N3O. The van der Waals surface area contributed by atoms with Crippen LogP contribution >= 0.6 is 0 Å². The molecule has 1 heterocycles. The summed E-state index contributed by atoms with van der Waals surface area (Å²) in [5.41, 5.74) is 0.757. The van der Waals surface area contributed by atoms with E-state index in [1.165, 1.54) is 0 Å². The lowest BCUT2D eigenvalue weighted by atomic mass is 9.96. The number of hydrogen-bond donors (Lipinski definition) is 0. The molecule has 0 aliphatic rings. The Morgan fingerprint density at radius 3 is 2.72 bits per heavy atom. The third-order valence-corrected chi connectivity index (χ3v) is 2.99. The molecule has 4 heteroatoms. The molecule has 0 amide bonds. The lowest BCUT2D eigenvalue weighted by Crippen LogP contribution is -2.17. The Morgan fingerprint density at radius 2 is 2.06 bits per heavy atom. The molecule has 0 fully saturated rings. The van der Waals surface area contributed by atoms with Gasteiger partial charge in [-0.25, -0.2) is 4.98 Å². The van der Waals surface area contributed by atoms with E-state index in [0.29, 0.717) is 6.42 Å². The quantitative estimate of drug-likeness (QED) is 0.757. The van der Waals surface area contributed by atoms with Crippen LogP contribution in [0.2, 0.25) is 0 Å². The predicted molar refractivity (Wildman–Crippen MR) is 69.3 cm³/mol. The van der Waals surface area contributed by atoms with Crippen LogP contribution in [0.5, 0.6) is 0 Å². The van der Waals surface area contributed by atoms with Gasteiger partial charge in [0.25, 0.3) is 0 Å². The highest BCUT2D eigenvalue weighted by Gasteiger charge is 2.17. The Kier molecular flexibility index (Phi) is 3.87. The average molecular weight is 243 g/mol. The van der Waals surface area contributed by atoms with Gasteiger partial charge in [-0.05, 0) is 6.92 Å². The van der Waals surface area contributed by atoms with Gasteiger partial charge in [-0.2, -0.15) is 5.10 Å². The van der Waals surface area contributed by atoms with Crippen LogP contribution in [-0.4, -0.2) is 20.5 Å². The van der Waals surface area contributed by atoms with Crippen LogP contribution in [0.4, 0.5) is 0 Å². The molecule has 0 bridgehead atoms. The minimum atomic E-state index is -0.0816. The van der Waals surface area contributed by atoms with Crippen LogP contribution in [0.15, 0.2) is 36.7 Å². The number of Topliss-reactive ketones (excluding diaryl/α,β-unsaturated/α-hetero) is 1. The van der Waals surface area contributed by atoms with Crippen molar-refractivity contribution in [1.29, 1.82) is 0 Å². The monoisotopic (exact) mass is 243 g/mol. The van der Waals surface area contributed by atoms with Gasteiger partial charge >= 0.3 is 0 Å². The molecular weight excluding hydrogens is 226 g/mol. The van der Waals surface area contributed by atoms with Gasteiger partial charge in [0, 0.05) is 24.4 Å². The third kappa shape index (κ3) is 2.64. The predicted octanol–water partition coefficient (Wildman–Crippen LogP) is 2.36. The average Bonchev–Trinajstić information content (AvgIpc) is 2.86. The summed E-state index contributed by atoms with van der Waals surface area (Å²) in [6.07, 6.45) is 2.17. The molecule has 1 atom stereocenters. The Labute approximate surface area is 107 Å². The second-order valence-electron chi connectivity index (χ2n) is 4.33. The van der Waals surface area contributed by atoms with Crippen molar-refractivity contribution < 1.29 is 4.79 Å². The van der Waals surface area contributed by atoms with Gasteiger partial charge in [-0.1, -0.05) is 37.3 Å². The molecule has 0 spiro atoms. The molecule has 0 N–H and O–H groups in total. The zero-order valence-corrected chi connectivity index (χ0v) is 10.7. The first kappa shape index (κ1) is 12.5. The van der Waals surface area contributed by atoms with Gasteiger partial charge in [-0.3, -0.25) is 9.48 Å².